The third kappa shape index (κ3) is 3.91. The molecule has 26 heavy (non-hydrogen) atoms. The van der Waals surface area contributed by atoms with Crippen LogP contribution >= 0.6 is 0 Å². The summed E-state index contributed by atoms with van der Waals surface area (Å²) in [5.41, 5.74) is 2.53. The summed E-state index contributed by atoms with van der Waals surface area (Å²) in [6.45, 7) is 5.42. The molecule has 6 heteroatoms. The summed E-state index contributed by atoms with van der Waals surface area (Å²) in [6, 6.07) is 12.6. The Balaban J connectivity index is 1.65. The number of nitrogens with zero attached hydrogens (tertiary/aromatic N) is 1. The number of rotatable bonds is 5. The Morgan fingerprint density at radius 2 is 1.92 bits per heavy atom. The summed E-state index contributed by atoms with van der Waals surface area (Å²) in [5, 5.41) is 0.493. The zero-order valence-corrected chi connectivity index (χ0v) is 14.9. The van der Waals surface area contributed by atoms with Gasteiger partial charge in [0, 0.05) is 0 Å². The number of esters is 1. The van der Waals surface area contributed by atoms with E-state index in [2.05, 4.69) is 9.97 Å². The lowest BCUT2D eigenvalue weighted by atomic mass is 10.1. The molecule has 3 aromatic rings. The van der Waals surface area contributed by atoms with Gasteiger partial charge in [-0.15, -0.1) is 0 Å². The highest BCUT2D eigenvalue weighted by Crippen LogP contribution is 2.17. The third-order valence-electron chi connectivity index (χ3n) is 4.16. The van der Waals surface area contributed by atoms with Gasteiger partial charge in [-0.2, -0.15) is 0 Å². The molecule has 0 fully saturated rings. The predicted molar refractivity (Wildman–Crippen MR) is 98.3 cm³/mol. The van der Waals surface area contributed by atoms with Gasteiger partial charge in [-0.3, -0.25) is 4.79 Å². The second-order valence-corrected chi connectivity index (χ2v) is 6.14. The maximum atomic E-state index is 12.1. The number of fused-ring (bicyclic) bond motifs is 1. The van der Waals surface area contributed by atoms with Crippen LogP contribution in [0.1, 0.15) is 30.0 Å². The summed E-state index contributed by atoms with van der Waals surface area (Å²) in [6.07, 6.45) is -0.692. The average molecular weight is 352 g/mol. The predicted octanol–water partition coefficient (Wildman–Crippen LogP) is 3.22. The lowest BCUT2D eigenvalue weighted by molar-refractivity contribution is -0.151. The van der Waals surface area contributed by atoms with Crippen molar-refractivity contribution < 1.29 is 14.3 Å². The maximum Gasteiger partial charge on any atom is 0.344 e. The first-order valence-corrected chi connectivity index (χ1v) is 8.32. The topological polar surface area (TPSA) is 81.3 Å². The van der Waals surface area contributed by atoms with Crippen LogP contribution in [0.25, 0.3) is 10.9 Å². The highest BCUT2D eigenvalue weighted by molar-refractivity contribution is 5.77. The first kappa shape index (κ1) is 17.7. The van der Waals surface area contributed by atoms with Crippen molar-refractivity contribution in [3.63, 3.8) is 0 Å². The van der Waals surface area contributed by atoms with E-state index < -0.39 is 12.1 Å². The number of aromatic nitrogens is 2. The van der Waals surface area contributed by atoms with Crippen molar-refractivity contribution in [3.8, 4) is 5.75 Å². The lowest BCUT2D eigenvalue weighted by Gasteiger charge is -2.14. The monoisotopic (exact) mass is 352 g/mol. The van der Waals surface area contributed by atoms with Crippen LogP contribution < -0.4 is 10.3 Å². The van der Waals surface area contributed by atoms with Crippen molar-refractivity contribution in [1.29, 1.82) is 0 Å². The quantitative estimate of drug-likeness (QED) is 0.713. The number of para-hydroxylation sites is 1. The molecule has 0 spiro atoms. The molecule has 0 saturated heterocycles. The molecule has 1 atom stereocenters. The van der Waals surface area contributed by atoms with Crippen LogP contribution in [0.5, 0.6) is 5.75 Å². The van der Waals surface area contributed by atoms with Crippen LogP contribution in [0.4, 0.5) is 0 Å². The molecule has 3 rings (SSSR count). The molecule has 6 nitrogen and oxygen atoms in total. The fourth-order valence-corrected chi connectivity index (χ4v) is 2.53. The minimum absolute atomic E-state index is 0.218. The number of aryl methyl sites for hydroxylation is 2. The number of hydrogen-bond acceptors (Lipinski definition) is 5. The van der Waals surface area contributed by atoms with Crippen LogP contribution in [-0.4, -0.2) is 22.5 Å². The number of aromatic amines is 1. The zero-order chi connectivity index (χ0) is 18.7. The molecule has 1 aromatic heterocycles. The summed E-state index contributed by atoms with van der Waals surface area (Å²) < 4.78 is 10.8. The molecular formula is C20H20N2O4. The number of ether oxygens (including phenoxy) is 2. The van der Waals surface area contributed by atoms with E-state index in [-0.39, 0.29) is 12.2 Å². The Hall–Kier alpha value is -3.15. The fraction of sp³-hybridized carbons (Fsp3) is 0.250. The van der Waals surface area contributed by atoms with Crippen LogP contribution in [0, 0.1) is 13.8 Å². The zero-order valence-electron chi connectivity index (χ0n) is 14.9. The van der Waals surface area contributed by atoms with E-state index >= 15 is 0 Å². The molecule has 134 valence electrons. The van der Waals surface area contributed by atoms with E-state index in [1.807, 2.05) is 26.0 Å². The Morgan fingerprint density at radius 1 is 1.15 bits per heavy atom. The Bertz CT molecular complexity index is 1010. The van der Waals surface area contributed by atoms with E-state index in [1.54, 1.807) is 37.3 Å². The second-order valence-electron chi connectivity index (χ2n) is 6.14. The van der Waals surface area contributed by atoms with Gasteiger partial charge >= 0.3 is 5.97 Å². The van der Waals surface area contributed by atoms with Crippen LogP contribution in [-0.2, 0) is 9.53 Å². The Labute approximate surface area is 150 Å². The molecule has 0 saturated carbocycles. The summed E-state index contributed by atoms with van der Waals surface area (Å²) in [4.78, 5) is 31.1. The van der Waals surface area contributed by atoms with Gasteiger partial charge in [0.2, 0.25) is 0 Å². The Kier molecular flexibility index (Phi) is 5.02. The van der Waals surface area contributed by atoms with E-state index in [4.69, 9.17) is 9.47 Å². The number of nitrogens with one attached hydrogen (secondary N) is 1. The van der Waals surface area contributed by atoms with Gasteiger partial charge in [-0.25, -0.2) is 9.78 Å². The minimum atomic E-state index is -0.692. The smallest absolute Gasteiger partial charge is 0.344 e. The minimum Gasteiger partial charge on any atom is -0.482 e. The number of benzene rings is 2. The van der Waals surface area contributed by atoms with Gasteiger partial charge < -0.3 is 14.5 Å². The fourth-order valence-electron chi connectivity index (χ4n) is 2.53. The molecule has 0 bridgehead atoms. The molecule has 0 aliphatic rings. The van der Waals surface area contributed by atoms with Crippen LogP contribution in [0.2, 0.25) is 0 Å². The van der Waals surface area contributed by atoms with Crippen molar-refractivity contribution in [2.75, 3.05) is 6.61 Å². The number of carbonyl (C=O) groups is 1. The normalized spacial score (nSPS) is 12.0. The standard InChI is InChI=1S/C20H20N2O4/c1-12-8-9-15(10-13(12)2)25-11-18(23)26-14(3)19-21-17-7-5-4-6-16(17)20(24)22-19/h4-10,14H,11H2,1-3H3,(H,21,22,24). The highest BCUT2D eigenvalue weighted by atomic mass is 16.6. The summed E-state index contributed by atoms with van der Waals surface area (Å²) in [5.74, 6) is 0.370. The largest absolute Gasteiger partial charge is 0.482 e. The van der Waals surface area contributed by atoms with Crippen LogP contribution in [0.3, 0.4) is 0 Å². The van der Waals surface area contributed by atoms with Crippen molar-refractivity contribution in [2.45, 2.75) is 26.9 Å². The SMILES string of the molecule is Cc1ccc(OCC(=O)OC(C)c2nc3ccccc3c(=O)[nH]2)cc1C. The molecule has 1 N–H and O–H groups in total. The second kappa shape index (κ2) is 7.39. The highest BCUT2D eigenvalue weighted by Gasteiger charge is 2.16. The van der Waals surface area contributed by atoms with E-state index in [0.717, 1.165) is 11.1 Å². The molecule has 0 aliphatic carbocycles. The van der Waals surface area contributed by atoms with Gasteiger partial charge in [0.25, 0.3) is 5.56 Å². The third-order valence-corrected chi connectivity index (χ3v) is 4.16. The summed E-state index contributed by atoms with van der Waals surface area (Å²) in [7, 11) is 0. The maximum absolute atomic E-state index is 12.1. The van der Waals surface area contributed by atoms with Crippen LogP contribution in [0.15, 0.2) is 47.3 Å². The molecule has 0 amide bonds. The molecule has 1 heterocycles. The van der Waals surface area contributed by atoms with Gasteiger partial charge in [-0.05, 0) is 56.2 Å². The number of H-pyrrole nitrogens is 1. The van der Waals surface area contributed by atoms with E-state index in [9.17, 15) is 9.59 Å². The molecule has 0 aliphatic heterocycles. The molecule has 0 radical (unpaired) electrons. The molecular weight excluding hydrogens is 332 g/mol. The van der Waals surface area contributed by atoms with Crippen molar-refractivity contribution in [2.24, 2.45) is 0 Å². The van der Waals surface area contributed by atoms with E-state index in [1.165, 1.54) is 0 Å². The molecule has 2 aromatic carbocycles. The van der Waals surface area contributed by atoms with Gasteiger partial charge in [0.15, 0.2) is 18.5 Å². The average Bonchev–Trinajstić information content (AvgIpc) is 2.62. The first-order valence-electron chi connectivity index (χ1n) is 8.32. The number of carbonyl (C=O) groups excluding carboxylic acids is 1. The first-order chi connectivity index (χ1) is 12.4. The summed E-state index contributed by atoms with van der Waals surface area (Å²) >= 11 is 0. The van der Waals surface area contributed by atoms with Crippen molar-refractivity contribution >= 4 is 16.9 Å². The van der Waals surface area contributed by atoms with Gasteiger partial charge in [-0.1, -0.05) is 18.2 Å². The molecule has 1 unspecified atom stereocenters. The number of hydrogen-bond donors (Lipinski definition) is 1. The van der Waals surface area contributed by atoms with Gasteiger partial charge in [0.1, 0.15) is 5.75 Å². The van der Waals surface area contributed by atoms with Crippen molar-refractivity contribution in [3.05, 3.63) is 69.8 Å². The van der Waals surface area contributed by atoms with Crippen molar-refractivity contribution in [1.82, 2.24) is 9.97 Å². The lowest BCUT2D eigenvalue weighted by Crippen LogP contribution is -2.20. The Morgan fingerprint density at radius 3 is 2.69 bits per heavy atom. The van der Waals surface area contributed by atoms with Gasteiger partial charge in [0.05, 0.1) is 10.9 Å². The van der Waals surface area contributed by atoms with E-state index in [0.29, 0.717) is 22.5 Å².